The number of nitrogens with zero attached hydrogens (tertiary/aromatic N) is 2. The molecule has 6 heteroatoms. The lowest BCUT2D eigenvalue weighted by Crippen LogP contribution is -1.96. The van der Waals surface area contributed by atoms with E-state index in [2.05, 4.69) is 21.9 Å². The van der Waals surface area contributed by atoms with Gasteiger partial charge in [0.2, 0.25) is 0 Å². The molecule has 0 spiro atoms. The van der Waals surface area contributed by atoms with Gasteiger partial charge in [-0.3, -0.25) is 0 Å². The maximum absolute atomic E-state index is 6.16. The van der Waals surface area contributed by atoms with Crippen molar-refractivity contribution in [3.05, 3.63) is 42.3 Å². The van der Waals surface area contributed by atoms with Crippen LogP contribution in [0.5, 0.6) is 5.75 Å². The van der Waals surface area contributed by atoms with Gasteiger partial charge in [0.25, 0.3) is 0 Å². The number of methoxy groups -OCH3 is 1. The van der Waals surface area contributed by atoms with Crippen LogP contribution in [0.3, 0.4) is 0 Å². The zero-order valence-corrected chi connectivity index (χ0v) is 13.7. The summed E-state index contributed by atoms with van der Waals surface area (Å²) in [7, 11) is 1.66. The summed E-state index contributed by atoms with van der Waals surface area (Å²) in [4.78, 5) is 9.87. The average molecular weight is 329 g/mol. The van der Waals surface area contributed by atoms with Crippen LogP contribution in [-0.2, 0) is 0 Å². The molecule has 0 aliphatic carbocycles. The number of ether oxygens (including phenoxy) is 1. The van der Waals surface area contributed by atoms with E-state index in [1.807, 2.05) is 30.3 Å². The van der Waals surface area contributed by atoms with Crippen LogP contribution in [0.25, 0.3) is 21.3 Å². The van der Waals surface area contributed by atoms with Gasteiger partial charge in [0.15, 0.2) is 5.16 Å². The van der Waals surface area contributed by atoms with Gasteiger partial charge in [-0.25, -0.2) is 9.97 Å². The highest BCUT2D eigenvalue weighted by molar-refractivity contribution is 7.99. The van der Waals surface area contributed by atoms with E-state index in [0.29, 0.717) is 11.0 Å². The predicted octanol–water partition coefficient (Wildman–Crippen LogP) is 4.23. The molecule has 0 amide bonds. The highest BCUT2D eigenvalue weighted by Crippen LogP contribution is 2.37. The third-order valence-corrected chi connectivity index (χ3v) is 4.89. The van der Waals surface area contributed by atoms with Crippen molar-refractivity contribution < 1.29 is 4.74 Å². The number of nitrogens with two attached hydrogens (primary N) is 1. The largest absolute Gasteiger partial charge is 0.497 e. The zero-order chi connectivity index (χ0) is 15.5. The second-order valence-electron chi connectivity index (χ2n) is 4.55. The number of hydrogen-bond acceptors (Lipinski definition) is 6. The molecule has 0 fully saturated rings. The molecule has 4 nitrogen and oxygen atoms in total. The van der Waals surface area contributed by atoms with Gasteiger partial charge >= 0.3 is 0 Å². The molecule has 1 aromatic carbocycles. The van der Waals surface area contributed by atoms with E-state index >= 15 is 0 Å². The first-order chi connectivity index (χ1) is 10.7. The Balaban J connectivity index is 2.05. The van der Waals surface area contributed by atoms with Crippen molar-refractivity contribution in [1.82, 2.24) is 9.97 Å². The Kier molecular flexibility index (Phi) is 4.31. The summed E-state index contributed by atoms with van der Waals surface area (Å²) in [5, 5.41) is 3.67. The van der Waals surface area contributed by atoms with E-state index in [1.54, 1.807) is 18.4 Å². The molecule has 2 aromatic heterocycles. The van der Waals surface area contributed by atoms with E-state index in [1.165, 1.54) is 11.8 Å². The number of thioether (sulfide) groups is 1. The van der Waals surface area contributed by atoms with E-state index in [4.69, 9.17) is 10.5 Å². The van der Waals surface area contributed by atoms with Gasteiger partial charge in [0, 0.05) is 16.7 Å². The van der Waals surface area contributed by atoms with Crippen molar-refractivity contribution in [2.45, 2.75) is 5.16 Å². The van der Waals surface area contributed by atoms with Crippen LogP contribution >= 0.6 is 23.1 Å². The number of anilines is 1. The highest BCUT2D eigenvalue weighted by atomic mass is 32.2. The topological polar surface area (TPSA) is 61.0 Å². The predicted molar refractivity (Wildman–Crippen MR) is 94.7 cm³/mol. The van der Waals surface area contributed by atoms with Crippen LogP contribution in [-0.4, -0.2) is 22.8 Å². The SMILES string of the molecule is C=CCSc1nc(N)c2c(-c3ccc(OC)cc3)csc2n1. The molecular formula is C16H15N3OS2. The number of benzene rings is 1. The molecule has 0 unspecified atom stereocenters. The molecule has 0 aliphatic heterocycles. The Morgan fingerprint density at radius 1 is 1.32 bits per heavy atom. The molecule has 0 radical (unpaired) electrons. The number of nitrogen functional groups attached to an aromatic ring is 1. The Labute approximate surface area is 137 Å². The van der Waals surface area contributed by atoms with Gasteiger partial charge in [-0.1, -0.05) is 30.0 Å². The number of fused-ring (bicyclic) bond motifs is 1. The van der Waals surface area contributed by atoms with Crippen molar-refractivity contribution in [2.24, 2.45) is 0 Å². The fraction of sp³-hybridized carbons (Fsp3) is 0.125. The lowest BCUT2D eigenvalue weighted by molar-refractivity contribution is 0.415. The molecule has 112 valence electrons. The summed E-state index contributed by atoms with van der Waals surface area (Å²) in [5.74, 6) is 2.11. The molecule has 3 rings (SSSR count). The Morgan fingerprint density at radius 2 is 2.09 bits per heavy atom. The van der Waals surface area contributed by atoms with Gasteiger partial charge in [-0.2, -0.15) is 0 Å². The van der Waals surface area contributed by atoms with Crippen LogP contribution in [0, 0.1) is 0 Å². The molecule has 22 heavy (non-hydrogen) atoms. The Bertz CT molecular complexity index is 812. The summed E-state index contributed by atoms with van der Waals surface area (Å²) >= 11 is 3.11. The van der Waals surface area contributed by atoms with Crippen LogP contribution < -0.4 is 10.5 Å². The van der Waals surface area contributed by atoms with E-state index < -0.39 is 0 Å². The summed E-state index contributed by atoms with van der Waals surface area (Å²) in [5.41, 5.74) is 8.29. The lowest BCUT2D eigenvalue weighted by Gasteiger charge is -2.05. The fourth-order valence-corrected chi connectivity index (χ4v) is 3.73. The molecule has 0 bridgehead atoms. The minimum Gasteiger partial charge on any atom is -0.497 e. The van der Waals surface area contributed by atoms with Crippen molar-refractivity contribution in [1.29, 1.82) is 0 Å². The van der Waals surface area contributed by atoms with E-state index in [-0.39, 0.29) is 0 Å². The fourth-order valence-electron chi connectivity index (χ4n) is 2.13. The van der Waals surface area contributed by atoms with Gasteiger partial charge in [-0.15, -0.1) is 17.9 Å². The van der Waals surface area contributed by atoms with Crippen LogP contribution in [0.2, 0.25) is 0 Å². The van der Waals surface area contributed by atoms with Crippen molar-refractivity contribution in [3.8, 4) is 16.9 Å². The smallest absolute Gasteiger partial charge is 0.191 e. The number of thiophene rings is 1. The molecule has 0 saturated heterocycles. The molecule has 0 saturated carbocycles. The first-order valence-electron chi connectivity index (χ1n) is 6.65. The van der Waals surface area contributed by atoms with E-state index in [9.17, 15) is 0 Å². The summed E-state index contributed by atoms with van der Waals surface area (Å²) in [6, 6.07) is 7.90. The van der Waals surface area contributed by atoms with Crippen LogP contribution in [0.15, 0.2) is 47.5 Å². The Hall–Kier alpha value is -2.05. The van der Waals surface area contributed by atoms with Crippen LogP contribution in [0.1, 0.15) is 0 Å². The average Bonchev–Trinajstić information content (AvgIpc) is 2.97. The highest BCUT2D eigenvalue weighted by Gasteiger charge is 2.13. The third kappa shape index (κ3) is 2.80. The monoisotopic (exact) mass is 329 g/mol. The first-order valence-corrected chi connectivity index (χ1v) is 8.52. The summed E-state index contributed by atoms with van der Waals surface area (Å²) in [6.07, 6.45) is 1.83. The standard InChI is InChI=1S/C16H15N3OS2/c1-3-8-21-16-18-14(17)13-12(9-22-15(13)19-16)10-4-6-11(20-2)7-5-10/h3-7,9H,1,8H2,2H3,(H2,17,18,19). The second kappa shape index (κ2) is 6.37. The van der Waals surface area contributed by atoms with E-state index in [0.717, 1.165) is 32.8 Å². The van der Waals surface area contributed by atoms with Crippen LogP contribution in [0.4, 0.5) is 5.82 Å². The molecule has 2 heterocycles. The Morgan fingerprint density at radius 3 is 2.77 bits per heavy atom. The normalized spacial score (nSPS) is 10.8. The minimum absolute atomic E-state index is 0.517. The quantitative estimate of drug-likeness (QED) is 0.431. The summed E-state index contributed by atoms with van der Waals surface area (Å²) < 4.78 is 5.19. The van der Waals surface area contributed by atoms with Crippen molar-refractivity contribution in [2.75, 3.05) is 18.6 Å². The lowest BCUT2D eigenvalue weighted by atomic mass is 10.1. The zero-order valence-electron chi connectivity index (χ0n) is 12.1. The van der Waals surface area contributed by atoms with Gasteiger partial charge in [0.05, 0.1) is 12.5 Å². The number of hydrogen-bond donors (Lipinski definition) is 1. The number of aromatic nitrogens is 2. The van der Waals surface area contributed by atoms with Gasteiger partial charge < -0.3 is 10.5 Å². The third-order valence-electron chi connectivity index (χ3n) is 3.17. The van der Waals surface area contributed by atoms with Gasteiger partial charge in [-0.05, 0) is 17.7 Å². The van der Waals surface area contributed by atoms with Gasteiger partial charge in [0.1, 0.15) is 16.4 Å². The minimum atomic E-state index is 0.517. The summed E-state index contributed by atoms with van der Waals surface area (Å²) in [6.45, 7) is 3.70. The molecule has 3 aromatic rings. The molecule has 2 N–H and O–H groups in total. The maximum Gasteiger partial charge on any atom is 0.191 e. The maximum atomic E-state index is 6.16. The van der Waals surface area contributed by atoms with Crippen molar-refractivity contribution >= 4 is 39.1 Å². The molecular weight excluding hydrogens is 314 g/mol. The molecule has 0 atom stereocenters. The second-order valence-corrected chi connectivity index (χ2v) is 6.39. The first kappa shape index (κ1) is 14.9. The van der Waals surface area contributed by atoms with Crippen molar-refractivity contribution in [3.63, 3.8) is 0 Å². The number of rotatable bonds is 5. The molecule has 0 aliphatic rings.